The molecule has 3 heteroatoms. The normalized spacial score (nSPS) is 12.0. The van der Waals surface area contributed by atoms with Gasteiger partial charge in [0, 0.05) is 0 Å². The number of hydrogen-bond acceptors (Lipinski definition) is 2. The molecule has 0 heterocycles. The molecule has 0 saturated carbocycles. The highest BCUT2D eigenvalue weighted by molar-refractivity contribution is 6.74. The third kappa shape index (κ3) is 4.63. The zero-order valence-corrected chi connectivity index (χ0v) is 7.70. The molecule has 0 bridgehead atoms. The van der Waals surface area contributed by atoms with E-state index < -0.39 is 8.24 Å². The van der Waals surface area contributed by atoms with Gasteiger partial charge in [0.15, 0.2) is 0 Å². The van der Waals surface area contributed by atoms with E-state index in [9.17, 15) is 0 Å². The van der Waals surface area contributed by atoms with Gasteiger partial charge in [-0.15, -0.1) is 0 Å². The van der Waals surface area contributed by atoms with E-state index in [1.165, 1.54) is 18.9 Å². The van der Waals surface area contributed by atoms with Gasteiger partial charge in [-0.3, -0.25) is 10.9 Å². The molecule has 56 valence electrons. The summed E-state index contributed by atoms with van der Waals surface area (Å²) in [4.78, 5) is 0. The number of hydrazine groups is 1. The largest absolute Gasteiger partial charge is 0.282 e. The summed E-state index contributed by atoms with van der Waals surface area (Å²) in [6, 6.07) is 1.29. The van der Waals surface area contributed by atoms with E-state index in [0.717, 1.165) is 0 Å². The van der Waals surface area contributed by atoms with Crippen molar-refractivity contribution in [1.82, 2.24) is 5.09 Å². The Balaban J connectivity index is 3.33. The Bertz CT molecular complexity index is 73.5. The lowest BCUT2D eigenvalue weighted by atomic mass is 10.4. The van der Waals surface area contributed by atoms with Crippen LogP contribution in [0.25, 0.3) is 0 Å². The van der Waals surface area contributed by atoms with Crippen molar-refractivity contribution in [2.75, 3.05) is 0 Å². The minimum atomic E-state index is -1.17. The zero-order chi connectivity index (χ0) is 7.33. The van der Waals surface area contributed by atoms with E-state index in [4.69, 9.17) is 5.84 Å². The maximum atomic E-state index is 5.36. The molecular formula is C6H18N2Si. The molecule has 9 heavy (non-hydrogen) atoms. The van der Waals surface area contributed by atoms with Crippen LogP contribution in [0.4, 0.5) is 0 Å². The number of nitrogens with one attached hydrogen (secondary N) is 1. The summed E-state index contributed by atoms with van der Waals surface area (Å²) in [5.74, 6) is 5.36. The Labute approximate surface area is 58.9 Å². The predicted molar refractivity (Wildman–Crippen MR) is 44.5 cm³/mol. The fourth-order valence-electron chi connectivity index (χ4n) is 0.691. The van der Waals surface area contributed by atoms with Crippen molar-refractivity contribution < 1.29 is 0 Å². The van der Waals surface area contributed by atoms with Crippen molar-refractivity contribution >= 4 is 8.24 Å². The summed E-state index contributed by atoms with van der Waals surface area (Å²) in [6.45, 7) is 6.71. The number of hydrogen-bond donors (Lipinski definition) is 2. The molecule has 0 atom stereocenters. The van der Waals surface area contributed by atoms with Crippen molar-refractivity contribution in [2.45, 2.75) is 38.9 Å². The molecule has 0 fully saturated rings. The highest BCUT2D eigenvalue weighted by atomic mass is 28.3. The van der Waals surface area contributed by atoms with Crippen LogP contribution in [0, 0.1) is 0 Å². The highest BCUT2D eigenvalue weighted by Crippen LogP contribution is 2.08. The van der Waals surface area contributed by atoms with E-state index in [1.807, 2.05) is 0 Å². The first-order valence-corrected chi connectivity index (χ1v) is 6.81. The van der Waals surface area contributed by atoms with Crippen LogP contribution in [-0.4, -0.2) is 8.24 Å². The lowest BCUT2D eigenvalue weighted by Gasteiger charge is -2.19. The third-order valence-electron chi connectivity index (χ3n) is 1.55. The molecule has 3 N–H and O–H groups in total. The average molecular weight is 146 g/mol. The standard InChI is InChI=1S/C6H18N2Si/c1-4-5-6-9(2,3)8-7/h8H,4-7H2,1-3H3. The Morgan fingerprint density at radius 3 is 2.33 bits per heavy atom. The Hall–Kier alpha value is 0.137. The molecule has 0 aliphatic rings. The van der Waals surface area contributed by atoms with Crippen molar-refractivity contribution in [3.05, 3.63) is 0 Å². The van der Waals surface area contributed by atoms with E-state index >= 15 is 0 Å². The fraction of sp³-hybridized carbons (Fsp3) is 1.00. The number of nitrogens with two attached hydrogens (primary N) is 1. The molecule has 0 spiro atoms. The van der Waals surface area contributed by atoms with Crippen LogP contribution < -0.4 is 10.9 Å². The Morgan fingerprint density at radius 2 is 2.00 bits per heavy atom. The van der Waals surface area contributed by atoms with Crippen LogP contribution in [0.5, 0.6) is 0 Å². The minimum absolute atomic E-state index is 1.17. The molecule has 0 unspecified atom stereocenters. The van der Waals surface area contributed by atoms with Crippen molar-refractivity contribution in [3.8, 4) is 0 Å². The van der Waals surface area contributed by atoms with Gasteiger partial charge in [0.1, 0.15) is 8.24 Å². The van der Waals surface area contributed by atoms with Gasteiger partial charge in [-0.1, -0.05) is 32.9 Å². The van der Waals surface area contributed by atoms with E-state index in [0.29, 0.717) is 0 Å². The fourth-order valence-corrected chi connectivity index (χ4v) is 2.07. The van der Waals surface area contributed by atoms with Gasteiger partial charge in [0.05, 0.1) is 0 Å². The molecule has 0 amide bonds. The van der Waals surface area contributed by atoms with Gasteiger partial charge in [-0.25, -0.2) is 0 Å². The molecule has 0 radical (unpaired) electrons. The first-order chi connectivity index (χ1) is 4.12. The zero-order valence-electron chi connectivity index (χ0n) is 6.70. The molecule has 0 aromatic rings. The van der Waals surface area contributed by atoms with Crippen LogP contribution >= 0.6 is 0 Å². The van der Waals surface area contributed by atoms with Crippen molar-refractivity contribution in [3.63, 3.8) is 0 Å². The molecule has 2 nitrogen and oxygen atoms in total. The first kappa shape index (κ1) is 9.14. The van der Waals surface area contributed by atoms with Gasteiger partial charge >= 0.3 is 0 Å². The maximum Gasteiger partial charge on any atom is 0.135 e. The molecule has 0 aromatic carbocycles. The van der Waals surface area contributed by atoms with Gasteiger partial charge in [0.2, 0.25) is 0 Å². The number of rotatable bonds is 4. The van der Waals surface area contributed by atoms with Gasteiger partial charge in [-0.2, -0.15) is 0 Å². The van der Waals surface area contributed by atoms with Crippen LogP contribution in [0.3, 0.4) is 0 Å². The summed E-state index contributed by atoms with van der Waals surface area (Å²) in [6.07, 6.45) is 2.58. The lowest BCUT2D eigenvalue weighted by molar-refractivity contribution is 0.844. The highest BCUT2D eigenvalue weighted by Gasteiger charge is 2.16. The van der Waals surface area contributed by atoms with Gasteiger partial charge in [0.25, 0.3) is 0 Å². The van der Waals surface area contributed by atoms with E-state index in [-0.39, 0.29) is 0 Å². The summed E-state index contributed by atoms with van der Waals surface area (Å²) in [5.41, 5.74) is 0. The maximum absolute atomic E-state index is 5.36. The quantitative estimate of drug-likeness (QED) is 0.358. The Morgan fingerprint density at radius 1 is 1.44 bits per heavy atom. The monoisotopic (exact) mass is 146 g/mol. The van der Waals surface area contributed by atoms with Crippen LogP contribution in [0.2, 0.25) is 19.1 Å². The van der Waals surface area contributed by atoms with Crippen LogP contribution in [-0.2, 0) is 0 Å². The number of unbranched alkanes of at least 4 members (excludes halogenated alkanes) is 1. The first-order valence-electron chi connectivity index (χ1n) is 3.60. The third-order valence-corrected chi connectivity index (χ3v) is 3.93. The molecular weight excluding hydrogens is 128 g/mol. The van der Waals surface area contributed by atoms with Gasteiger partial charge < -0.3 is 0 Å². The molecule has 0 aliphatic carbocycles. The Kier molecular flexibility index (Phi) is 4.09. The van der Waals surface area contributed by atoms with E-state index in [1.54, 1.807) is 0 Å². The second kappa shape index (κ2) is 4.03. The summed E-state index contributed by atoms with van der Waals surface area (Å²) < 4.78 is 0. The summed E-state index contributed by atoms with van der Waals surface area (Å²) in [7, 11) is -1.17. The topological polar surface area (TPSA) is 38.0 Å². The SMILES string of the molecule is CCCC[Si](C)(C)NN. The lowest BCUT2D eigenvalue weighted by Crippen LogP contribution is -2.48. The smallest absolute Gasteiger partial charge is 0.135 e. The molecule has 0 aliphatic heterocycles. The van der Waals surface area contributed by atoms with Gasteiger partial charge in [-0.05, 0) is 6.04 Å². The second-order valence-corrected chi connectivity index (χ2v) is 7.69. The average Bonchev–Trinajstić information content (AvgIpc) is 1.84. The van der Waals surface area contributed by atoms with Crippen LogP contribution in [0.1, 0.15) is 19.8 Å². The molecule has 0 saturated heterocycles. The second-order valence-electron chi connectivity index (χ2n) is 3.13. The van der Waals surface area contributed by atoms with Crippen LogP contribution in [0.15, 0.2) is 0 Å². The summed E-state index contributed by atoms with van der Waals surface area (Å²) >= 11 is 0. The minimum Gasteiger partial charge on any atom is -0.282 e. The molecule has 0 rings (SSSR count). The molecule has 0 aromatic heterocycles. The predicted octanol–water partition coefficient (Wildman–Crippen LogP) is 1.45. The summed E-state index contributed by atoms with van der Waals surface area (Å²) in [5, 5.41) is 2.92. The van der Waals surface area contributed by atoms with E-state index in [2.05, 4.69) is 25.1 Å². The van der Waals surface area contributed by atoms with Crippen molar-refractivity contribution in [1.29, 1.82) is 0 Å². The van der Waals surface area contributed by atoms with Crippen molar-refractivity contribution in [2.24, 2.45) is 5.84 Å².